The van der Waals surface area contributed by atoms with E-state index in [9.17, 15) is 4.79 Å². The highest BCUT2D eigenvalue weighted by molar-refractivity contribution is 5.92. The predicted octanol–water partition coefficient (Wildman–Crippen LogP) is 5.96. The third kappa shape index (κ3) is 4.75. The Bertz CT molecular complexity index is 694. The van der Waals surface area contributed by atoms with Crippen molar-refractivity contribution in [2.24, 2.45) is 5.73 Å². The molecule has 0 atom stereocenters. The van der Waals surface area contributed by atoms with E-state index in [1.54, 1.807) is 0 Å². The molecule has 1 saturated carbocycles. The summed E-state index contributed by atoms with van der Waals surface area (Å²) in [5, 5.41) is 0. The number of aryl methyl sites for hydroxylation is 1. The molecule has 1 fully saturated rings. The molecule has 2 heteroatoms. The maximum absolute atomic E-state index is 11.2. The quantitative estimate of drug-likeness (QED) is 0.616. The number of nitrogens with two attached hydrogens (primary N) is 1. The van der Waals surface area contributed by atoms with Crippen LogP contribution >= 0.6 is 0 Å². The lowest BCUT2D eigenvalue weighted by molar-refractivity contribution is 0.100. The second kappa shape index (κ2) is 9.02. The van der Waals surface area contributed by atoms with Gasteiger partial charge in [-0.05, 0) is 79.2 Å². The number of unbranched alkanes of at least 4 members (excludes halogenated alkanes) is 2. The van der Waals surface area contributed by atoms with Crippen LogP contribution in [0.25, 0.3) is 0 Å². The summed E-state index contributed by atoms with van der Waals surface area (Å²) >= 11 is 0. The standard InChI is InChI=1S/C24H31NO/c1-2-3-4-5-18-6-8-19(9-7-18)20-10-12-21(13-11-20)22-14-16-23(17-15-22)24(25)26/h6-9,14-17,20-21H,2-5,10-13H2,1H3,(H2,25,26)/t20-,21-. The zero-order valence-electron chi connectivity index (χ0n) is 15.9. The van der Waals surface area contributed by atoms with Gasteiger partial charge >= 0.3 is 0 Å². The number of rotatable bonds is 7. The third-order valence-electron chi connectivity index (χ3n) is 5.91. The van der Waals surface area contributed by atoms with Crippen molar-refractivity contribution in [1.82, 2.24) is 0 Å². The minimum Gasteiger partial charge on any atom is -0.366 e. The number of primary amides is 1. The van der Waals surface area contributed by atoms with Crippen LogP contribution < -0.4 is 5.73 Å². The Morgan fingerprint density at radius 1 is 0.846 bits per heavy atom. The lowest BCUT2D eigenvalue weighted by Gasteiger charge is -2.29. The Kier molecular flexibility index (Phi) is 6.49. The highest BCUT2D eigenvalue weighted by Crippen LogP contribution is 2.40. The van der Waals surface area contributed by atoms with Crippen LogP contribution in [-0.2, 0) is 6.42 Å². The highest BCUT2D eigenvalue weighted by atomic mass is 16.1. The first-order valence-corrected chi connectivity index (χ1v) is 10.2. The summed E-state index contributed by atoms with van der Waals surface area (Å²) in [5.74, 6) is 0.959. The number of carbonyl (C=O) groups is 1. The Morgan fingerprint density at radius 2 is 1.35 bits per heavy atom. The molecule has 2 nitrogen and oxygen atoms in total. The lowest BCUT2D eigenvalue weighted by Crippen LogP contribution is -2.13. The lowest BCUT2D eigenvalue weighted by atomic mass is 9.76. The zero-order chi connectivity index (χ0) is 18.4. The molecule has 0 aromatic heterocycles. The Balaban J connectivity index is 1.53. The van der Waals surface area contributed by atoms with Crippen molar-refractivity contribution in [3.8, 4) is 0 Å². The number of benzene rings is 2. The molecule has 0 heterocycles. The molecule has 0 aliphatic heterocycles. The Labute approximate surface area is 157 Å². The molecule has 3 rings (SSSR count). The van der Waals surface area contributed by atoms with E-state index in [-0.39, 0.29) is 5.91 Å². The molecule has 1 aliphatic rings. The van der Waals surface area contributed by atoms with Crippen LogP contribution in [0, 0.1) is 0 Å². The van der Waals surface area contributed by atoms with Gasteiger partial charge in [-0.25, -0.2) is 0 Å². The summed E-state index contributed by atoms with van der Waals surface area (Å²) in [6, 6.07) is 17.3. The minimum absolute atomic E-state index is 0.349. The Morgan fingerprint density at radius 3 is 1.81 bits per heavy atom. The van der Waals surface area contributed by atoms with Crippen molar-refractivity contribution in [3.05, 3.63) is 70.8 Å². The maximum Gasteiger partial charge on any atom is 0.248 e. The molecule has 0 spiro atoms. The molecule has 1 amide bonds. The summed E-state index contributed by atoms with van der Waals surface area (Å²) < 4.78 is 0. The van der Waals surface area contributed by atoms with Crippen LogP contribution in [0.4, 0.5) is 0 Å². The van der Waals surface area contributed by atoms with Gasteiger partial charge in [-0.3, -0.25) is 4.79 Å². The highest BCUT2D eigenvalue weighted by Gasteiger charge is 2.23. The smallest absolute Gasteiger partial charge is 0.248 e. The number of hydrogen-bond donors (Lipinski definition) is 1. The summed E-state index contributed by atoms with van der Waals surface area (Å²) in [7, 11) is 0. The predicted molar refractivity (Wildman–Crippen MR) is 109 cm³/mol. The van der Waals surface area contributed by atoms with Crippen molar-refractivity contribution in [2.45, 2.75) is 70.1 Å². The van der Waals surface area contributed by atoms with Gasteiger partial charge in [0.05, 0.1) is 0 Å². The maximum atomic E-state index is 11.2. The molecule has 0 bridgehead atoms. The molecule has 0 saturated heterocycles. The van der Waals surface area contributed by atoms with Gasteiger partial charge in [-0.2, -0.15) is 0 Å². The largest absolute Gasteiger partial charge is 0.366 e. The van der Waals surface area contributed by atoms with E-state index in [0.29, 0.717) is 17.4 Å². The van der Waals surface area contributed by atoms with E-state index in [1.807, 2.05) is 12.1 Å². The van der Waals surface area contributed by atoms with E-state index in [4.69, 9.17) is 5.73 Å². The minimum atomic E-state index is -0.349. The summed E-state index contributed by atoms with van der Waals surface area (Å²) in [4.78, 5) is 11.2. The van der Waals surface area contributed by atoms with E-state index in [2.05, 4.69) is 43.3 Å². The molecule has 2 N–H and O–H groups in total. The number of amides is 1. The van der Waals surface area contributed by atoms with Gasteiger partial charge in [-0.15, -0.1) is 0 Å². The fraction of sp³-hybridized carbons (Fsp3) is 0.458. The third-order valence-corrected chi connectivity index (χ3v) is 5.91. The number of hydrogen-bond acceptors (Lipinski definition) is 1. The van der Waals surface area contributed by atoms with Crippen LogP contribution in [-0.4, -0.2) is 5.91 Å². The second-order valence-electron chi connectivity index (χ2n) is 7.73. The van der Waals surface area contributed by atoms with Gasteiger partial charge in [-0.1, -0.05) is 56.2 Å². The Hall–Kier alpha value is -2.09. The van der Waals surface area contributed by atoms with Gasteiger partial charge in [0, 0.05) is 5.56 Å². The molecule has 0 unspecified atom stereocenters. The zero-order valence-corrected chi connectivity index (χ0v) is 15.9. The van der Waals surface area contributed by atoms with E-state index >= 15 is 0 Å². The van der Waals surface area contributed by atoms with Gasteiger partial charge in [0.1, 0.15) is 0 Å². The van der Waals surface area contributed by atoms with Crippen LogP contribution in [0.2, 0.25) is 0 Å². The summed E-state index contributed by atoms with van der Waals surface area (Å²) in [6.45, 7) is 2.26. The van der Waals surface area contributed by atoms with Crippen LogP contribution in [0.3, 0.4) is 0 Å². The van der Waals surface area contributed by atoms with Crippen LogP contribution in [0.1, 0.15) is 90.8 Å². The fourth-order valence-corrected chi connectivity index (χ4v) is 4.22. The average molecular weight is 350 g/mol. The van der Waals surface area contributed by atoms with Gasteiger partial charge in [0.2, 0.25) is 5.91 Å². The molecule has 138 valence electrons. The van der Waals surface area contributed by atoms with Gasteiger partial charge in [0.25, 0.3) is 0 Å². The fourth-order valence-electron chi connectivity index (χ4n) is 4.22. The monoisotopic (exact) mass is 349 g/mol. The SMILES string of the molecule is CCCCCc1ccc([C@H]2CC[C@H](c3ccc(C(N)=O)cc3)CC2)cc1. The molecule has 2 aromatic carbocycles. The normalized spacial score (nSPS) is 20.0. The molecule has 2 aromatic rings. The summed E-state index contributed by atoms with van der Waals surface area (Å²) in [5.41, 5.74) is 10.3. The molecular weight excluding hydrogens is 318 g/mol. The van der Waals surface area contributed by atoms with Crippen molar-refractivity contribution in [3.63, 3.8) is 0 Å². The van der Waals surface area contributed by atoms with Crippen LogP contribution in [0.15, 0.2) is 48.5 Å². The first-order chi connectivity index (χ1) is 12.7. The molecular formula is C24H31NO. The van der Waals surface area contributed by atoms with Gasteiger partial charge < -0.3 is 5.73 Å². The van der Waals surface area contributed by atoms with E-state index in [1.165, 1.54) is 68.1 Å². The van der Waals surface area contributed by atoms with Gasteiger partial charge in [0.15, 0.2) is 0 Å². The average Bonchev–Trinajstić information content (AvgIpc) is 2.69. The van der Waals surface area contributed by atoms with E-state index < -0.39 is 0 Å². The second-order valence-corrected chi connectivity index (χ2v) is 7.73. The van der Waals surface area contributed by atoms with Crippen molar-refractivity contribution < 1.29 is 4.79 Å². The first-order valence-electron chi connectivity index (χ1n) is 10.2. The molecule has 26 heavy (non-hydrogen) atoms. The molecule has 1 aliphatic carbocycles. The van der Waals surface area contributed by atoms with Crippen molar-refractivity contribution in [1.29, 1.82) is 0 Å². The van der Waals surface area contributed by atoms with Crippen LogP contribution in [0.5, 0.6) is 0 Å². The first kappa shape index (κ1) is 18.7. The topological polar surface area (TPSA) is 43.1 Å². The summed E-state index contributed by atoms with van der Waals surface area (Å²) in [6.07, 6.45) is 10.1. The van der Waals surface area contributed by atoms with Crippen molar-refractivity contribution >= 4 is 5.91 Å². The van der Waals surface area contributed by atoms with E-state index in [0.717, 1.165) is 0 Å². The van der Waals surface area contributed by atoms with Crippen molar-refractivity contribution in [2.75, 3.05) is 0 Å². The molecule has 0 radical (unpaired) electrons. The number of carbonyl (C=O) groups excluding carboxylic acids is 1.